The van der Waals surface area contributed by atoms with Crippen LogP contribution in [0.5, 0.6) is 0 Å². The van der Waals surface area contributed by atoms with Crippen LogP contribution in [0.1, 0.15) is 35.7 Å². The van der Waals surface area contributed by atoms with Crippen molar-refractivity contribution in [1.29, 1.82) is 0 Å². The Labute approximate surface area is 156 Å². The van der Waals surface area contributed by atoms with E-state index in [-0.39, 0.29) is 29.9 Å². The lowest BCUT2D eigenvalue weighted by Gasteiger charge is -2.20. The average Bonchev–Trinajstić information content (AvgIpc) is 3.08. The van der Waals surface area contributed by atoms with Gasteiger partial charge in [-0.2, -0.15) is 0 Å². The first-order valence-electron chi connectivity index (χ1n) is 8.09. The molecule has 0 bridgehead atoms. The van der Waals surface area contributed by atoms with Crippen molar-refractivity contribution in [3.05, 3.63) is 35.4 Å². The molecule has 1 aromatic carbocycles. The summed E-state index contributed by atoms with van der Waals surface area (Å²) in [4.78, 5) is 18.7. The topological polar surface area (TPSA) is 56.7 Å². The Morgan fingerprint density at radius 2 is 2.04 bits per heavy atom. The van der Waals surface area contributed by atoms with Crippen LogP contribution in [0, 0.1) is 0 Å². The molecule has 1 amide bonds. The molecule has 0 saturated carbocycles. The summed E-state index contributed by atoms with van der Waals surface area (Å²) in [6.07, 6.45) is 3.34. The number of nitrogens with one attached hydrogen (secondary N) is 2. The number of halogens is 1. The second-order valence-electron chi connectivity index (χ2n) is 5.46. The lowest BCUT2D eigenvalue weighted by atomic mass is 10.1. The van der Waals surface area contributed by atoms with E-state index < -0.39 is 0 Å². The Bertz CT molecular complexity index is 527. The van der Waals surface area contributed by atoms with Gasteiger partial charge in [0.15, 0.2) is 5.96 Å². The number of benzene rings is 1. The highest BCUT2D eigenvalue weighted by atomic mass is 127. The van der Waals surface area contributed by atoms with Crippen LogP contribution in [-0.2, 0) is 6.42 Å². The van der Waals surface area contributed by atoms with E-state index in [1.165, 1.54) is 12.8 Å². The van der Waals surface area contributed by atoms with Gasteiger partial charge in [-0.05, 0) is 43.9 Å². The number of rotatable bonds is 5. The number of nitrogens with zero attached hydrogens (tertiary/aromatic N) is 2. The standard InChI is InChI=1S/C17H26N4O.HI/c1-3-19-17(21-11-4-5-12-21)20-10-9-14-7-6-8-15(13-14)16(22)18-2;/h6-8,13H,3-5,9-12H2,1-2H3,(H,18,22)(H,19,20);1H. The summed E-state index contributed by atoms with van der Waals surface area (Å²) in [5, 5.41) is 6.01. The molecule has 23 heavy (non-hydrogen) atoms. The highest BCUT2D eigenvalue weighted by molar-refractivity contribution is 14.0. The van der Waals surface area contributed by atoms with Crippen LogP contribution in [0.4, 0.5) is 0 Å². The predicted molar refractivity (Wildman–Crippen MR) is 106 cm³/mol. The molecule has 5 nitrogen and oxygen atoms in total. The molecule has 1 aliphatic rings. The maximum atomic E-state index is 11.7. The van der Waals surface area contributed by atoms with Crippen LogP contribution in [0.3, 0.4) is 0 Å². The number of amides is 1. The third kappa shape index (κ3) is 6.01. The number of carbonyl (C=O) groups is 1. The average molecular weight is 430 g/mol. The lowest BCUT2D eigenvalue weighted by molar-refractivity contribution is 0.0963. The fourth-order valence-electron chi connectivity index (χ4n) is 2.66. The van der Waals surface area contributed by atoms with Gasteiger partial charge in [0.25, 0.3) is 5.91 Å². The van der Waals surface area contributed by atoms with Gasteiger partial charge < -0.3 is 15.5 Å². The number of hydrogen-bond donors (Lipinski definition) is 2. The molecule has 1 saturated heterocycles. The van der Waals surface area contributed by atoms with Gasteiger partial charge in [0, 0.05) is 38.8 Å². The summed E-state index contributed by atoms with van der Waals surface area (Å²) in [7, 11) is 1.65. The molecule has 0 aliphatic carbocycles. The van der Waals surface area contributed by atoms with Crippen LogP contribution in [0.2, 0.25) is 0 Å². The Kier molecular flexibility index (Phi) is 8.98. The van der Waals surface area contributed by atoms with Gasteiger partial charge in [-0.15, -0.1) is 24.0 Å². The SMILES string of the molecule is CCNC(=NCCc1cccc(C(=O)NC)c1)N1CCCC1.I. The van der Waals surface area contributed by atoms with E-state index in [0.717, 1.165) is 44.1 Å². The molecule has 2 rings (SSSR count). The van der Waals surface area contributed by atoms with E-state index in [0.29, 0.717) is 5.56 Å². The number of guanidine groups is 1. The fraction of sp³-hybridized carbons (Fsp3) is 0.529. The predicted octanol–water partition coefficient (Wildman–Crippen LogP) is 2.27. The van der Waals surface area contributed by atoms with E-state index in [4.69, 9.17) is 4.99 Å². The summed E-state index contributed by atoms with van der Waals surface area (Å²) < 4.78 is 0. The number of hydrogen-bond acceptors (Lipinski definition) is 2. The van der Waals surface area contributed by atoms with E-state index in [9.17, 15) is 4.79 Å². The molecule has 0 radical (unpaired) electrons. The zero-order valence-electron chi connectivity index (χ0n) is 14.0. The molecule has 0 spiro atoms. The maximum Gasteiger partial charge on any atom is 0.251 e. The van der Waals surface area contributed by atoms with Crippen LogP contribution in [-0.4, -0.2) is 50.0 Å². The molecule has 128 valence electrons. The van der Waals surface area contributed by atoms with E-state index in [1.807, 2.05) is 24.3 Å². The van der Waals surface area contributed by atoms with E-state index >= 15 is 0 Å². The third-order valence-corrected chi connectivity index (χ3v) is 3.82. The monoisotopic (exact) mass is 430 g/mol. The largest absolute Gasteiger partial charge is 0.357 e. The van der Waals surface area contributed by atoms with Crippen molar-refractivity contribution >= 4 is 35.8 Å². The first kappa shape index (κ1) is 19.7. The quantitative estimate of drug-likeness (QED) is 0.428. The van der Waals surface area contributed by atoms with Crippen molar-refractivity contribution in [3.63, 3.8) is 0 Å². The molecule has 1 heterocycles. The van der Waals surface area contributed by atoms with Crippen molar-refractivity contribution in [2.24, 2.45) is 4.99 Å². The summed E-state index contributed by atoms with van der Waals surface area (Å²) >= 11 is 0. The van der Waals surface area contributed by atoms with Crippen LogP contribution < -0.4 is 10.6 Å². The molecule has 1 aromatic rings. The van der Waals surface area contributed by atoms with Crippen molar-refractivity contribution in [2.45, 2.75) is 26.2 Å². The summed E-state index contributed by atoms with van der Waals surface area (Å²) in [6, 6.07) is 7.75. The first-order valence-corrected chi connectivity index (χ1v) is 8.09. The molecule has 6 heteroatoms. The van der Waals surface area contributed by atoms with E-state index in [2.05, 4.69) is 22.5 Å². The van der Waals surface area contributed by atoms with Crippen molar-refractivity contribution in [3.8, 4) is 0 Å². The first-order chi connectivity index (χ1) is 10.7. The Morgan fingerprint density at radius 1 is 1.30 bits per heavy atom. The number of carbonyl (C=O) groups excluding carboxylic acids is 1. The summed E-state index contributed by atoms with van der Waals surface area (Å²) in [5.74, 6) is 0.971. The Hall–Kier alpha value is -1.31. The number of aliphatic imine (C=N–C) groups is 1. The molecule has 0 aromatic heterocycles. The zero-order chi connectivity index (χ0) is 15.8. The minimum Gasteiger partial charge on any atom is -0.357 e. The smallest absolute Gasteiger partial charge is 0.251 e. The maximum absolute atomic E-state index is 11.7. The molecule has 1 aliphatic heterocycles. The van der Waals surface area contributed by atoms with Crippen LogP contribution in [0.25, 0.3) is 0 Å². The third-order valence-electron chi connectivity index (χ3n) is 3.82. The molecular formula is C17H27IN4O. The lowest BCUT2D eigenvalue weighted by Crippen LogP contribution is -2.39. The van der Waals surface area contributed by atoms with Gasteiger partial charge in [0.05, 0.1) is 0 Å². The van der Waals surface area contributed by atoms with Crippen molar-refractivity contribution < 1.29 is 4.79 Å². The highest BCUT2D eigenvalue weighted by Gasteiger charge is 2.15. The summed E-state index contributed by atoms with van der Waals surface area (Å²) in [5.41, 5.74) is 1.84. The number of likely N-dealkylation sites (tertiary alicyclic amines) is 1. The normalized spacial score (nSPS) is 14.3. The highest BCUT2D eigenvalue weighted by Crippen LogP contribution is 2.09. The Morgan fingerprint density at radius 3 is 2.70 bits per heavy atom. The summed E-state index contributed by atoms with van der Waals surface area (Å²) in [6.45, 7) is 5.91. The zero-order valence-corrected chi connectivity index (χ0v) is 16.3. The molecule has 0 atom stereocenters. The van der Waals surface area contributed by atoms with Gasteiger partial charge in [0.1, 0.15) is 0 Å². The van der Waals surface area contributed by atoms with Crippen LogP contribution in [0.15, 0.2) is 29.3 Å². The molecule has 0 unspecified atom stereocenters. The van der Waals surface area contributed by atoms with Crippen molar-refractivity contribution in [2.75, 3.05) is 33.2 Å². The molecular weight excluding hydrogens is 403 g/mol. The minimum atomic E-state index is -0.0456. The van der Waals surface area contributed by atoms with Gasteiger partial charge in [-0.3, -0.25) is 9.79 Å². The second kappa shape index (κ2) is 10.5. The van der Waals surface area contributed by atoms with Crippen molar-refractivity contribution in [1.82, 2.24) is 15.5 Å². The van der Waals surface area contributed by atoms with Gasteiger partial charge in [-0.1, -0.05) is 12.1 Å². The minimum absolute atomic E-state index is 0. The van der Waals surface area contributed by atoms with Gasteiger partial charge in [0.2, 0.25) is 0 Å². The second-order valence-corrected chi connectivity index (χ2v) is 5.46. The van der Waals surface area contributed by atoms with E-state index in [1.54, 1.807) is 7.05 Å². The Balaban J connectivity index is 0.00000264. The van der Waals surface area contributed by atoms with Crippen LogP contribution >= 0.6 is 24.0 Å². The van der Waals surface area contributed by atoms with Gasteiger partial charge in [-0.25, -0.2) is 0 Å². The van der Waals surface area contributed by atoms with Gasteiger partial charge >= 0.3 is 0 Å². The molecule has 2 N–H and O–H groups in total. The molecule has 1 fully saturated rings. The fourth-order valence-corrected chi connectivity index (χ4v) is 2.66.